The Hall–Kier alpha value is -5.42. The van der Waals surface area contributed by atoms with Crippen LogP contribution in [0.25, 0.3) is 0 Å². The molecule has 0 N–H and O–H groups in total. The van der Waals surface area contributed by atoms with Gasteiger partial charge in [-0.3, -0.25) is 43.2 Å². The average Bonchev–Trinajstić information content (AvgIpc) is 0.974. The van der Waals surface area contributed by atoms with Crippen LogP contribution < -0.4 is 0 Å². The smallest absolute Gasteiger partial charge is 0.228 e. The van der Waals surface area contributed by atoms with Crippen molar-refractivity contribution < 1.29 is 47.5 Å². The van der Waals surface area contributed by atoms with Crippen molar-refractivity contribution in [2.45, 2.75) is 343 Å². The summed E-state index contributed by atoms with van der Waals surface area (Å²) < 4.78 is 13.0. The number of amides is 8. The standard InChI is InChI=1S/C14H19NO.C13H23NO.2C10H19NO.C9H16FNO.C9H17NO.C8H15NO.C7H15NO.C6H12O.7CH4/c1-14(2,3)13(16)15-9-12(10-15)11-7-5-4-6-8-11;1-12(2,3)11(15)14-9-13(10-14)7-5-4-6-8-13;1-9(2,3)8(12)11-6-10(4,5)7-11;1-5-8-6-11(7-8)9(12)10(2,3)4;1-8(2,3)7(12)11-5-9(4,10)6-11;1-9(2,3)8(11)10-6-4-5-7-10;1-8(2,3)7(10)9-5-4-6-9;1-7(2,3)6(9)8(4)5;1-5(7)6(2,3)4;;;;;;;/h4-8,12H,9-10H2,1-3H3;4-10H2,1-3H3;6-7H2,1-5H3;8H,5-7H2,1-4H3;5-6H2,1-4H3;4-7H2,1-3H3;4-6H2,1-3H3;1-5H3;1-4H3;7*1H4. The molecule has 7 saturated heterocycles. The molecule has 1 spiro atoms. The van der Waals surface area contributed by atoms with Gasteiger partial charge in [-0.1, -0.05) is 309 Å². The maximum Gasteiger partial charge on any atom is 0.228 e. The lowest BCUT2D eigenvalue weighted by atomic mass is 9.68. The third kappa shape index (κ3) is 41.1. The summed E-state index contributed by atoms with van der Waals surface area (Å²) in [5.74, 6) is 3.51. The summed E-state index contributed by atoms with van der Waals surface area (Å²) in [6.07, 6.45) is 11.6. The molecule has 0 radical (unpaired) electrons. The third-order valence-corrected chi connectivity index (χ3v) is 19.5. The highest BCUT2D eigenvalue weighted by atomic mass is 19.1. The average molecular weight is 1580 g/mol. The van der Waals surface area contributed by atoms with Gasteiger partial charge in [0.2, 0.25) is 47.3 Å². The van der Waals surface area contributed by atoms with Crippen LogP contribution in [-0.2, 0) is 43.2 Å². The van der Waals surface area contributed by atoms with Gasteiger partial charge in [0, 0.05) is 153 Å². The number of Topliss-reactive ketones (excluding diaryl/α,β-unsaturated/α-hetero) is 1. The zero-order chi connectivity index (χ0) is 81.3. The molecule has 0 aromatic heterocycles. The maximum atomic E-state index is 13.0. The van der Waals surface area contributed by atoms with Crippen LogP contribution in [0.5, 0.6) is 0 Å². The van der Waals surface area contributed by atoms with Crippen molar-refractivity contribution in [3.63, 3.8) is 0 Å². The first-order valence-electron chi connectivity index (χ1n) is 39.2. The van der Waals surface area contributed by atoms with E-state index in [0.717, 1.165) is 84.5 Å². The summed E-state index contributed by atoms with van der Waals surface area (Å²) in [4.78, 5) is 118. The van der Waals surface area contributed by atoms with Crippen molar-refractivity contribution in [1.82, 2.24) is 39.2 Å². The van der Waals surface area contributed by atoms with Gasteiger partial charge in [-0.15, -0.1) is 0 Å². The number of alkyl halides is 1. The van der Waals surface area contributed by atoms with Gasteiger partial charge in [-0.05, 0) is 69.3 Å². The number of halogens is 1. The first kappa shape index (κ1) is 119. The second-order valence-electron chi connectivity index (χ2n) is 41.6. The minimum Gasteiger partial charge on any atom is -0.348 e. The highest BCUT2D eigenvalue weighted by Crippen LogP contribution is 2.45. The molecule has 9 rings (SSSR count). The number of carbonyl (C=O) groups excluding carboxylic acids is 9. The van der Waals surface area contributed by atoms with E-state index in [2.05, 4.69) is 49.9 Å². The molecule has 7 aliphatic heterocycles. The number of likely N-dealkylation sites (tertiary alicyclic amines) is 7. The summed E-state index contributed by atoms with van der Waals surface area (Å²) in [7, 11) is 3.54. The molecule has 7 heterocycles. The van der Waals surface area contributed by atoms with Crippen molar-refractivity contribution in [2.75, 3.05) is 106 Å². The Morgan fingerprint density at radius 2 is 0.640 bits per heavy atom. The number of benzene rings is 1. The van der Waals surface area contributed by atoms with Crippen LogP contribution >= 0.6 is 0 Å². The highest BCUT2D eigenvalue weighted by Gasteiger charge is 2.48. The molecule has 1 aromatic rings. The monoisotopic (exact) mass is 1580 g/mol. The summed E-state index contributed by atoms with van der Waals surface area (Å²) in [6.45, 7) is 74.4. The molecule has 8 aliphatic rings. The van der Waals surface area contributed by atoms with Crippen molar-refractivity contribution >= 4 is 53.0 Å². The van der Waals surface area contributed by atoms with Crippen LogP contribution in [0.4, 0.5) is 4.39 Å². The van der Waals surface area contributed by atoms with Crippen LogP contribution in [0.1, 0.15) is 343 Å². The Balaban J connectivity index is -0.000000219. The number of nitrogens with zero attached hydrogens (tertiary/aromatic N) is 8. The van der Waals surface area contributed by atoms with Crippen LogP contribution in [0.15, 0.2) is 30.3 Å². The van der Waals surface area contributed by atoms with Gasteiger partial charge in [0.05, 0.1) is 13.1 Å². The van der Waals surface area contributed by atoms with Crippen molar-refractivity contribution in [1.29, 1.82) is 0 Å². The lowest BCUT2D eigenvalue weighted by Gasteiger charge is -2.53. The zero-order valence-corrected chi connectivity index (χ0v) is 72.9. The van der Waals surface area contributed by atoms with Crippen LogP contribution in [0.3, 0.4) is 0 Å². The molecule has 1 saturated carbocycles. The van der Waals surface area contributed by atoms with E-state index in [4.69, 9.17) is 0 Å². The molecule has 0 unspecified atom stereocenters. The fourth-order valence-corrected chi connectivity index (χ4v) is 12.6. The highest BCUT2D eigenvalue weighted by molar-refractivity contribution is 5.86. The van der Waals surface area contributed by atoms with E-state index < -0.39 is 5.67 Å². The minimum atomic E-state index is -1.15. The maximum absolute atomic E-state index is 13.0. The molecule has 17 nitrogen and oxygen atoms in total. The summed E-state index contributed by atoms with van der Waals surface area (Å²) >= 11 is 0. The van der Waals surface area contributed by atoms with Gasteiger partial charge in [-0.25, -0.2) is 4.39 Å². The second kappa shape index (κ2) is 47.0. The molecule has 8 amide bonds. The van der Waals surface area contributed by atoms with E-state index in [1.807, 2.05) is 218 Å². The fourth-order valence-electron chi connectivity index (χ4n) is 12.6. The minimum absolute atomic E-state index is 0. The second-order valence-corrected chi connectivity index (χ2v) is 41.6. The molecule has 111 heavy (non-hydrogen) atoms. The Labute approximate surface area is 686 Å². The number of carbonyl (C=O) groups is 9. The third-order valence-electron chi connectivity index (χ3n) is 19.5. The van der Waals surface area contributed by atoms with E-state index >= 15 is 0 Å². The molecule has 0 bridgehead atoms. The molecular formula is C93H183FN8O9. The van der Waals surface area contributed by atoms with E-state index in [0.29, 0.717) is 40.4 Å². The molecule has 1 aromatic carbocycles. The van der Waals surface area contributed by atoms with Gasteiger partial charge < -0.3 is 39.2 Å². The SMILES string of the molecule is C.C.C.C.C.C.C.CC(=O)C(C)(C)C.CC(C)(C)C(=O)N1CC(c2ccccc2)C1.CC(C)(C)C(=O)N1CC2(CCCCC2)C1.CC(C)(C)C(=O)N1CCC1.CC(C)(C)C(=O)N1CCCC1.CC1(C)CN(C(=O)C(C)(C)C)C1.CC1(F)CN(C(=O)C(C)(C)C)C1.CCC1CN(C(=O)C(C)(C)C)C1.CN(C)C(=O)C(C)(C)C. The van der Waals surface area contributed by atoms with Gasteiger partial charge in [-0.2, -0.15) is 0 Å². The zero-order valence-electron chi connectivity index (χ0n) is 72.9. The van der Waals surface area contributed by atoms with Gasteiger partial charge >= 0.3 is 0 Å². The Kier molecular flexibility index (Phi) is 50.3. The van der Waals surface area contributed by atoms with Gasteiger partial charge in [0.1, 0.15) is 11.5 Å². The van der Waals surface area contributed by atoms with E-state index in [-0.39, 0.29) is 143 Å². The predicted octanol–water partition coefficient (Wildman–Crippen LogP) is 21.0. The van der Waals surface area contributed by atoms with Crippen molar-refractivity contribution in [2.24, 2.45) is 65.5 Å². The predicted molar refractivity (Wildman–Crippen MR) is 473 cm³/mol. The lowest BCUT2D eigenvalue weighted by Crippen LogP contribution is -2.61. The van der Waals surface area contributed by atoms with Crippen LogP contribution in [0.2, 0.25) is 0 Å². The number of hydrogen-bond donors (Lipinski definition) is 0. The first-order valence-corrected chi connectivity index (χ1v) is 39.2. The normalized spacial score (nSPS) is 17.8. The van der Waals surface area contributed by atoms with Crippen molar-refractivity contribution in [3.8, 4) is 0 Å². The van der Waals surface area contributed by atoms with Crippen molar-refractivity contribution in [3.05, 3.63) is 35.9 Å². The number of hydrogen-bond acceptors (Lipinski definition) is 9. The lowest BCUT2D eigenvalue weighted by molar-refractivity contribution is -0.154. The quantitative estimate of drug-likeness (QED) is 0.278. The van der Waals surface area contributed by atoms with Gasteiger partial charge in [0.15, 0.2) is 0 Å². The summed E-state index contributed by atoms with van der Waals surface area (Å²) in [5, 5.41) is 0. The van der Waals surface area contributed by atoms with E-state index in [1.165, 1.54) is 70.3 Å². The van der Waals surface area contributed by atoms with Crippen LogP contribution in [0, 0.1) is 65.5 Å². The topological polar surface area (TPSA) is 180 Å². The van der Waals surface area contributed by atoms with E-state index in [1.54, 1.807) is 30.8 Å². The molecule has 656 valence electrons. The number of ketones is 1. The van der Waals surface area contributed by atoms with Gasteiger partial charge in [0.25, 0.3) is 0 Å². The Morgan fingerprint density at radius 1 is 0.369 bits per heavy atom. The Bertz CT molecular complexity index is 2850. The van der Waals surface area contributed by atoms with E-state index in [9.17, 15) is 47.5 Å². The molecule has 0 atom stereocenters. The molecule has 8 fully saturated rings. The van der Waals surface area contributed by atoms with Crippen LogP contribution in [-0.4, -0.2) is 204 Å². The summed E-state index contributed by atoms with van der Waals surface area (Å²) in [5.41, 5.74) is -0.903. The fraction of sp³-hybridized carbons (Fsp3) is 0.839. The molecular weight excluding hydrogens is 1390 g/mol. The summed E-state index contributed by atoms with van der Waals surface area (Å²) in [6, 6.07) is 10.4. The number of rotatable bonds is 2. The first-order chi connectivity index (χ1) is 46.6. The molecule has 1 aliphatic carbocycles. The molecule has 18 heteroatoms. The Morgan fingerprint density at radius 3 is 0.874 bits per heavy atom. The largest absolute Gasteiger partial charge is 0.348 e.